The molecular formula is C29H33F3N4O8S. The molecule has 3 fully saturated rings. The maximum Gasteiger partial charge on any atom is 0.416 e. The van der Waals surface area contributed by atoms with Crippen molar-refractivity contribution in [3.05, 3.63) is 47.5 Å². The van der Waals surface area contributed by atoms with Crippen LogP contribution in [-0.4, -0.2) is 76.9 Å². The first-order valence-corrected chi connectivity index (χ1v) is 16.2. The Morgan fingerprint density at radius 1 is 0.933 bits per heavy atom. The quantitative estimate of drug-likeness (QED) is 0.274. The average Bonchev–Trinajstić information content (AvgIpc) is 3.59. The molecular weight excluding hydrogens is 621 g/mol. The highest BCUT2D eigenvalue weighted by molar-refractivity contribution is 7.92. The SMILES string of the molecule is O=C1NC(=O)C2(CCN(CCCCC3(c4cc(NS(=O)(=O)c5ccc(C(F)(F)F)cc5)cc5c4OCCO5)OCCO3)CC2)N1. The smallest absolute Gasteiger partial charge is 0.416 e. The number of halogens is 3. The first kappa shape index (κ1) is 31.4. The van der Waals surface area contributed by atoms with Gasteiger partial charge in [0.15, 0.2) is 17.3 Å². The summed E-state index contributed by atoms with van der Waals surface area (Å²) in [7, 11) is -4.26. The second-order valence-corrected chi connectivity index (χ2v) is 13.1. The molecule has 0 aromatic heterocycles. The molecule has 3 amide bonds. The number of amides is 3. The average molecular weight is 655 g/mol. The summed E-state index contributed by atoms with van der Waals surface area (Å²) in [5, 5.41) is 5.08. The molecule has 3 N–H and O–H groups in total. The predicted octanol–water partition coefficient (Wildman–Crippen LogP) is 3.32. The summed E-state index contributed by atoms with van der Waals surface area (Å²) in [6.07, 6.45) is -1.66. The van der Waals surface area contributed by atoms with Crippen molar-refractivity contribution in [3.63, 3.8) is 0 Å². The van der Waals surface area contributed by atoms with Crippen LogP contribution in [0.5, 0.6) is 11.5 Å². The number of piperidine rings is 1. The van der Waals surface area contributed by atoms with Crippen molar-refractivity contribution in [1.82, 2.24) is 15.5 Å². The van der Waals surface area contributed by atoms with Crippen molar-refractivity contribution in [2.45, 2.75) is 54.5 Å². The van der Waals surface area contributed by atoms with Gasteiger partial charge in [-0.15, -0.1) is 0 Å². The number of fused-ring (bicyclic) bond motifs is 1. The number of benzene rings is 2. The number of likely N-dealkylation sites (tertiary alicyclic amines) is 1. The number of unbranched alkanes of at least 4 members (excludes halogenated alkanes) is 1. The molecule has 4 heterocycles. The van der Waals surface area contributed by atoms with Gasteiger partial charge in [-0.05, 0) is 62.6 Å². The fraction of sp³-hybridized carbons (Fsp3) is 0.517. The Labute approximate surface area is 257 Å². The maximum absolute atomic E-state index is 13.1. The van der Waals surface area contributed by atoms with E-state index in [4.69, 9.17) is 18.9 Å². The van der Waals surface area contributed by atoms with Crippen molar-refractivity contribution in [3.8, 4) is 11.5 Å². The lowest BCUT2D eigenvalue weighted by Gasteiger charge is -2.37. The zero-order chi connectivity index (χ0) is 31.9. The van der Waals surface area contributed by atoms with Crippen molar-refractivity contribution in [1.29, 1.82) is 0 Å². The number of alkyl halides is 3. The number of carbonyl (C=O) groups is 2. The number of imide groups is 1. The monoisotopic (exact) mass is 654 g/mol. The van der Waals surface area contributed by atoms with Gasteiger partial charge in [0.2, 0.25) is 0 Å². The second-order valence-electron chi connectivity index (χ2n) is 11.4. The molecule has 244 valence electrons. The van der Waals surface area contributed by atoms with Crippen LogP contribution >= 0.6 is 0 Å². The minimum absolute atomic E-state index is 0.109. The zero-order valence-corrected chi connectivity index (χ0v) is 25.0. The van der Waals surface area contributed by atoms with Crippen molar-refractivity contribution >= 4 is 27.6 Å². The third kappa shape index (κ3) is 6.41. The normalized spacial score (nSPS) is 21.0. The van der Waals surface area contributed by atoms with Crippen LogP contribution in [-0.2, 0) is 36.3 Å². The highest BCUT2D eigenvalue weighted by Crippen LogP contribution is 2.48. The molecule has 0 aliphatic carbocycles. The minimum Gasteiger partial charge on any atom is -0.486 e. The standard InChI is InChI=1S/C29H33F3N4O8S/c30-29(31,32)19-3-5-21(6-4-19)45(39,40)35-20-17-22(24-23(18-20)41-13-14-42-24)28(43-15-16-44-28)7-1-2-10-36-11-8-27(9-12-36)25(37)33-26(38)34-27/h3-6,17-18,35H,1-2,7-16H2,(H2,33,34,37,38). The summed E-state index contributed by atoms with van der Waals surface area (Å²) in [5.74, 6) is -0.854. The van der Waals surface area contributed by atoms with Crippen molar-refractivity contribution < 1.29 is 50.1 Å². The van der Waals surface area contributed by atoms with Gasteiger partial charge in [0, 0.05) is 25.6 Å². The Balaban J connectivity index is 1.15. The first-order valence-electron chi connectivity index (χ1n) is 14.7. The molecule has 0 unspecified atom stereocenters. The van der Waals surface area contributed by atoms with Gasteiger partial charge in [0.1, 0.15) is 18.8 Å². The second kappa shape index (κ2) is 12.0. The molecule has 0 bridgehead atoms. The summed E-state index contributed by atoms with van der Waals surface area (Å²) in [6.45, 7) is 3.18. The van der Waals surface area contributed by atoms with Gasteiger partial charge in [-0.2, -0.15) is 13.2 Å². The number of ether oxygens (including phenoxy) is 4. The molecule has 0 atom stereocenters. The molecule has 3 saturated heterocycles. The first-order chi connectivity index (χ1) is 21.4. The van der Waals surface area contributed by atoms with E-state index in [1.807, 2.05) is 0 Å². The van der Waals surface area contributed by atoms with E-state index >= 15 is 0 Å². The van der Waals surface area contributed by atoms with E-state index in [9.17, 15) is 31.2 Å². The van der Waals surface area contributed by atoms with Crippen LogP contribution in [0, 0.1) is 0 Å². The molecule has 0 saturated carbocycles. The summed E-state index contributed by atoms with van der Waals surface area (Å²) >= 11 is 0. The fourth-order valence-corrected chi connectivity index (χ4v) is 7.19. The number of nitrogens with one attached hydrogen (secondary N) is 3. The van der Waals surface area contributed by atoms with Gasteiger partial charge in [0.05, 0.1) is 34.9 Å². The molecule has 4 aliphatic heterocycles. The lowest BCUT2D eigenvalue weighted by atomic mass is 9.87. The highest BCUT2D eigenvalue weighted by Gasteiger charge is 2.48. The fourth-order valence-electron chi connectivity index (χ4n) is 6.15. The van der Waals surface area contributed by atoms with E-state index in [0.717, 1.165) is 25.1 Å². The van der Waals surface area contributed by atoms with Crippen LogP contribution in [0.15, 0.2) is 41.3 Å². The van der Waals surface area contributed by atoms with E-state index in [0.29, 0.717) is 75.4 Å². The molecule has 16 heteroatoms. The topological polar surface area (TPSA) is 145 Å². The molecule has 6 rings (SSSR count). The van der Waals surface area contributed by atoms with Crippen molar-refractivity contribution in [2.24, 2.45) is 0 Å². The number of hydrogen-bond acceptors (Lipinski definition) is 9. The Morgan fingerprint density at radius 3 is 2.27 bits per heavy atom. The molecule has 45 heavy (non-hydrogen) atoms. The Morgan fingerprint density at radius 2 is 1.62 bits per heavy atom. The lowest BCUT2D eigenvalue weighted by molar-refractivity contribution is -0.173. The van der Waals surface area contributed by atoms with Gasteiger partial charge >= 0.3 is 12.2 Å². The molecule has 12 nitrogen and oxygen atoms in total. The summed E-state index contributed by atoms with van der Waals surface area (Å²) in [4.78, 5) is 25.7. The van der Waals surface area contributed by atoms with E-state index in [1.165, 1.54) is 6.07 Å². The lowest BCUT2D eigenvalue weighted by Crippen LogP contribution is -2.54. The Kier molecular flexibility index (Phi) is 8.34. The van der Waals surface area contributed by atoms with Gasteiger partial charge in [-0.25, -0.2) is 13.2 Å². The van der Waals surface area contributed by atoms with E-state index < -0.39 is 39.1 Å². The number of anilines is 1. The molecule has 1 spiro atoms. The Bertz CT molecular complexity index is 1550. The highest BCUT2D eigenvalue weighted by atomic mass is 32.2. The summed E-state index contributed by atoms with van der Waals surface area (Å²) < 4.78 is 91.7. The zero-order valence-electron chi connectivity index (χ0n) is 24.2. The number of hydrogen-bond donors (Lipinski definition) is 3. The summed E-state index contributed by atoms with van der Waals surface area (Å²) in [6, 6.07) is 5.77. The van der Waals surface area contributed by atoms with Crippen LogP contribution in [0.25, 0.3) is 0 Å². The van der Waals surface area contributed by atoms with Crippen LogP contribution in [0.3, 0.4) is 0 Å². The van der Waals surface area contributed by atoms with Gasteiger partial charge in [-0.1, -0.05) is 0 Å². The molecule has 2 aromatic rings. The molecule has 0 radical (unpaired) electrons. The van der Waals surface area contributed by atoms with Crippen LogP contribution < -0.4 is 24.8 Å². The van der Waals surface area contributed by atoms with Crippen molar-refractivity contribution in [2.75, 3.05) is 50.8 Å². The van der Waals surface area contributed by atoms with Gasteiger partial charge < -0.3 is 29.2 Å². The van der Waals surface area contributed by atoms with Gasteiger partial charge in [0.25, 0.3) is 15.9 Å². The van der Waals surface area contributed by atoms with Crippen LogP contribution in [0.1, 0.15) is 43.2 Å². The summed E-state index contributed by atoms with van der Waals surface area (Å²) in [5.41, 5.74) is -1.23. The number of carbonyl (C=O) groups excluding carboxylic acids is 2. The maximum atomic E-state index is 13.1. The predicted molar refractivity (Wildman–Crippen MR) is 152 cm³/mol. The Hall–Kier alpha value is -3.60. The molecule has 2 aromatic carbocycles. The molecule has 4 aliphatic rings. The van der Waals surface area contributed by atoms with E-state index in [-0.39, 0.29) is 35.5 Å². The minimum atomic E-state index is -4.60. The van der Waals surface area contributed by atoms with E-state index in [1.54, 1.807) is 6.07 Å². The van der Waals surface area contributed by atoms with Crippen LogP contribution in [0.4, 0.5) is 23.7 Å². The number of urea groups is 1. The van der Waals surface area contributed by atoms with Gasteiger partial charge in [-0.3, -0.25) is 14.8 Å². The third-order valence-electron chi connectivity index (χ3n) is 8.50. The third-order valence-corrected chi connectivity index (χ3v) is 9.90. The number of sulfonamides is 1. The number of rotatable bonds is 9. The number of nitrogens with zero attached hydrogens (tertiary/aromatic N) is 1. The largest absolute Gasteiger partial charge is 0.486 e. The van der Waals surface area contributed by atoms with E-state index in [2.05, 4.69) is 20.3 Å². The van der Waals surface area contributed by atoms with Crippen LogP contribution in [0.2, 0.25) is 0 Å².